The molecule has 0 aliphatic carbocycles. The van der Waals surface area contributed by atoms with Crippen molar-refractivity contribution in [2.45, 2.75) is 30.7 Å². The molecule has 1 unspecified atom stereocenters. The lowest BCUT2D eigenvalue weighted by molar-refractivity contribution is 0.598. The average Bonchev–Trinajstić information content (AvgIpc) is 2.28. The first-order chi connectivity index (χ1) is 7.97. The van der Waals surface area contributed by atoms with Crippen LogP contribution in [0.1, 0.15) is 19.8 Å². The molecule has 96 valence electrons. The standard InChI is InChI=1S/C11H19N3O2S/c1-2-9(7-8-12)14-10-3-5-11(6-4-10)17(13,15)16/h3-6,9,14H,2,7-8,12H2,1H3,(H2,13,15,16). The molecular formula is C11H19N3O2S. The molecule has 1 atom stereocenters. The van der Waals surface area contributed by atoms with E-state index in [4.69, 9.17) is 10.9 Å². The third-order valence-electron chi connectivity index (χ3n) is 2.56. The van der Waals surface area contributed by atoms with Crippen LogP contribution in [0.4, 0.5) is 5.69 Å². The van der Waals surface area contributed by atoms with Crippen LogP contribution >= 0.6 is 0 Å². The van der Waals surface area contributed by atoms with E-state index in [0.29, 0.717) is 12.6 Å². The van der Waals surface area contributed by atoms with Crippen molar-refractivity contribution in [2.24, 2.45) is 10.9 Å². The normalized spacial score (nSPS) is 13.4. The third-order valence-corrected chi connectivity index (χ3v) is 3.49. The fraction of sp³-hybridized carbons (Fsp3) is 0.455. The van der Waals surface area contributed by atoms with Gasteiger partial charge >= 0.3 is 0 Å². The number of nitrogens with two attached hydrogens (primary N) is 2. The van der Waals surface area contributed by atoms with Crippen molar-refractivity contribution in [3.8, 4) is 0 Å². The zero-order valence-electron chi connectivity index (χ0n) is 9.89. The molecule has 0 spiro atoms. The van der Waals surface area contributed by atoms with Crippen LogP contribution in [0.15, 0.2) is 29.2 Å². The molecule has 0 saturated carbocycles. The third kappa shape index (κ3) is 4.33. The highest BCUT2D eigenvalue weighted by Gasteiger charge is 2.08. The summed E-state index contributed by atoms with van der Waals surface area (Å²) in [6.07, 6.45) is 1.85. The second-order valence-electron chi connectivity index (χ2n) is 3.90. The van der Waals surface area contributed by atoms with E-state index in [0.717, 1.165) is 18.5 Å². The molecule has 1 aromatic carbocycles. The number of anilines is 1. The summed E-state index contributed by atoms with van der Waals surface area (Å²) < 4.78 is 22.1. The Balaban J connectivity index is 2.74. The molecule has 17 heavy (non-hydrogen) atoms. The summed E-state index contributed by atoms with van der Waals surface area (Å²) in [5, 5.41) is 8.31. The number of hydrogen-bond acceptors (Lipinski definition) is 4. The maximum atomic E-state index is 11.1. The molecule has 0 bridgehead atoms. The molecule has 0 aliphatic heterocycles. The Morgan fingerprint density at radius 2 is 1.88 bits per heavy atom. The van der Waals surface area contributed by atoms with Crippen LogP contribution in [0.5, 0.6) is 0 Å². The van der Waals surface area contributed by atoms with Gasteiger partial charge in [0.1, 0.15) is 0 Å². The van der Waals surface area contributed by atoms with E-state index in [9.17, 15) is 8.42 Å². The summed E-state index contributed by atoms with van der Waals surface area (Å²) >= 11 is 0. The highest BCUT2D eigenvalue weighted by molar-refractivity contribution is 7.89. The van der Waals surface area contributed by atoms with Crippen LogP contribution in [0.2, 0.25) is 0 Å². The molecule has 5 nitrogen and oxygen atoms in total. The number of nitrogens with one attached hydrogen (secondary N) is 1. The predicted molar refractivity (Wildman–Crippen MR) is 69.2 cm³/mol. The van der Waals surface area contributed by atoms with Crippen molar-refractivity contribution in [1.82, 2.24) is 0 Å². The maximum Gasteiger partial charge on any atom is 0.238 e. The first kappa shape index (κ1) is 14.0. The summed E-state index contributed by atoms with van der Waals surface area (Å²) in [5.74, 6) is 0. The van der Waals surface area contributed by atoms with Gasteiger partial charge in [0.15, 0.2) is 0 Å². The lowest BCUT2D eigenvalue weighted by Crippen LogP contribution is -2.22. The van der Waals surface area contributed by atoms with Crippen molar-refractivity contribution >= 4 is 15.7 Å². The number of hydrogen-bond donors (Lipinski definition) is 3. The Morgan fingerprint density at radius 1 is 1.29 bits per heavy atom. The van der Waals surface area contributed by atoms with Gasteiger partial charge in [0.2, 0.25) is 10.0 Å². The van der Waals surface area contributed by atoms with Gasteiger partial charge in [-0.15, -0.1) is 0 Å². The maximum absolute atomic E-state index is 11.1. The Labute approximate surface area is 102 Å². The highest BCUT2D eigenvalue weighted by atomic mass is 32.2. The number of primary sulfonamides is 1. The first-order valence-corrected chi connectivity index (χ1v) is 7.11. The summed E-state index contributed by atoms with van der Waals surface area (Å²) in [5.41, 5.74) is 6.38. The second-order valence-corrected chi connectivity index (χ2v) is 5.46. The molecule has 1 rings (SSSR count). The Morgan fingerprint density at radius 3 is 2.29 bits per heavy atom. The Kier molecular flexibility index (Phi) is 4.92. The van der Waals surface area contributed by atoms with Gasteiger partial charge in [-0.25, -0.2) is 13.6 Å². The molecule has 0 amide bonds. The lowest BCUT2D eigenvalue weighted by atomic mass is 10.1. The van der Waals surface area contributed by atoms with Gasteiger partial charge in [-0.2, -0.15) is 0 Å². The van der Waals surface area contributed by atoms with Gasteiger partial charge in [-0.05, 0) is 43.7 Å². The minimum absolute atomic E-state index is 0.120. The lowest BCUT2D eigenvalue weighted by Gasteiger charge is -2.17. The number of benzene rings is 1. The van der Waals surface area contributed by atoms with Gasteiger partial charge in [0, 0.05) is 11.7 Å². The average molecular weight is 257 g/mol. The van der Waals surface area contributed by atoms with E-state index in [1.165, 1.54) is 12.1 Å². The molecule has 0 radical (unpaired) electrons. The van der Waals surface area contributed by atoms with E-state index in [-0.39, 0.29) is 4.90 Å². The predicted octanol–water partition coefficient (Wildman–Crippen LogP) is 0.873. The largest absolute Gasteiger partial charge is 0.382 e. The Bertz CT molecular complexity index is 442. The fourth-order valence-corrected chi connectivity index (χ4v) is 2.07. The molecule has 0 heterocycles. The van der Waals surface area contributed by atoms with Gasteiger partial charge in [-0.1, -0.05) is 6.92 Å². The van der Waals surface area contributed by atoms with Crippen LogP contribution in [-0.2, 0) is 10.0 Å². The van der Waals surface area contributed by atoms with E-state index < -0.39 is 10.0 Å². The van der Waals surface area contributed by atoms with Crippen LogP contribution in [-0.4, -0.2) is 21.0 Å². The monoisotopic (exact) mass is 257 g/mol. The van der Waals surface area contributed by atoms with Crippen LogP contribution in [0.3, 0.4) is 0 Å². The van der Waals surface area contributed by atoms with E-state index >= 15 is 0 Å². The molecule has 0 fully saturated rings. The quantitative estimate of drug-likeness (QED) is 0.704. The number of rotatable bonds is 6. The van der Waals surface area contributed by atoms with Crippen LogP contribution in [0, 0.1) is 0 Å². The van der Waals surface area contributed by atoms with Gasteiger partial charge in [0.05, 0.1) is 4.90 Å². The molecule has 6 heteroatoms. The van der Waals surface area contributed by atoms with Crippen molar-refractivity contribution in [1.29, 1.82) is 0 Å². The highest BCUT2D eigenvalue weighted by Crippen LogP contribution is 2.15. The van der Waals surface area contributed by atoms with Crippen molar-refractivity contribution in [3.05, 3.63) is 24.3 Å². The van der Waals surface area contributed by atoms with Crippen LogP contribution < -0.4 is 16.2 Å². The van der Waals surface area contributed by atoms with E-state index in [1.54, 1.807) is 12.1 Å². The summed E-state index contributed by atoms with van der Waals surface area (Å²) in [6, 6.07) is 6.71. The van der Waals surface area contributed by atoms with Crippen LogP contribution in [0.25, 0.3) is 0 Å². The zero-order chi connectivity index (χ0) is 12.9. The summed E-state index contributed by atoms with van der Waals surface area (Å²) in [4.78, 5) is 0.120. The first-order valence-electron chi connectivity index (χ1n) is 5.57. The van der Waals surface area contributed by atoms with E-state index in [2.05, 4.69) is 12.2 Å². The van der Waals surface area contributed by atoms with Crippen molar-refractivity contribution < 1.29 is 8.42 Å². The Hall–Kier alpha value is -1.11. The minimum Gasteiger partial charge on any atom is -0.382 e. The number of sulfonamides is 1. The summed E-state index contributed by atoms with van der Waals surface area (Å²) in [7, 11) is -3.61. The van der Waals surface area contributed by atoms with Gasteiger partial charge in [-0.3, -0.25) is 0 Å². The topological polar surface area (TPSA) is 98.2 Å². The molecule has 0 aliphatic rings. The second kappa shape index (κ2) is 6.00. The van der Waals surface area contributed by atoms with E-state index in [1.807, 2.05) is 0 Å². The molecule has 5 N–H and O–H groups in total. The molecule has 1 aromatic rings. The fourth-order valence-electron chi connectivity index (χ4n) is 1.56. The van der Waals surface area contributed by atoms with Crippen molar-refractivity contribution in [3.63, 3.8) is 0 Å². The van der Waals surface area contributed by atoms with Crippen molar-refractivity contribution in [2.75, 3.05) is 11.9 Å². The molecular weight excluding hydrogens is 238 g/mol. The molecule has 0 aromatic heterocycles. The zero-order valence-corrected chi connectivity index (χ0v) is 10.7. The minimum atomic E-state index is -3.61. The smallest absolute Gasteiger partial charge is 0.238 e. The summed E-state index contributed by atoms with van der Waals surface area (Å²) in [6.45, 7) is 2.70. The van der Waals surface area contributed by atoms with Gasteiger partial charge < -0.3 is 11.1 Å². The molecule has 0 saturated heterocycles. The van der Waals surface area contributed by atoms with Gasteiger partial charge in [0.25, 0.3) is 0 Å². The SMILES string of the molecule is CCC(CCN)Nc1ccc(S(N)(=O)=O)cc1.